The Balaban J connectivity index is 0.00000176. The van der Waals surface area contributed by atoms with Crippen molar-refractivity contribution in [2.24, 2.45) is 29.4 Å². The number of nitrogens with zero attached hydrogens (tertiary/aromatic N) is 1. The van der Waals surface area contributed by atoms with Crippen molar-refractivity contribution < 1.29 is 9.59 Å². The number of carbonyl (C=O) groups excluding carboxylic acids is 2. The third-order valence-corrected chi connectivity index (χ3v) is 5.91. The Labute approximate surface area is 138 Å². The molecular formula is C16H28ClN3O2. The number of fused-ring (bicyclic) bond motifs is 2. The highest BCUT2D eigenvalue weighted by Gasteiger charge is 2.49. The topological polar surface area (TPSA) is 75.4 Å². The van der Waals surface area contributed by atoms with Gasteiger partial charge in [0.1, 0.15) is 0 Å². The van der Waals surface area contributed by atoms with Crippen molar-refractivity contribution in [2.75, 3.05) is 19.6 Å². The van der Waals surface area contributed by atoms with Crippen LogP contribution in [0, 0.1) is 23.7 Å². The van der Waals surface area contributed by atoms with Crippen LogP contribution in [-0.4, -0.2) is 42.4 Å². The number of piperidine rings is 1. The Morgan fingerprint density at radius 1 is 1.14 bits per heavy atom. The predicted octanol–water partition coefficient (Wildman–Crippen LogP) is 1.16. The van der Waals surface area contributed by atoms with Crippen molar-refractivity contribution >= 4 is 24.2 Å². The third kappa shape index (κ3) is 3.40. The number of hydrogen-bond donors (Lipinski definition) is 2. The number of halogens is 1. The maximum atomic E-state index is 12.4. The molecule has 3 fully saturated rings. The smallest absolute Gasteiger partial charge is 0.224 e. The van der Waals surface area contributed by atoms with Crippen LogP contribution in [0.25, 0.3) is 0 Å². The van der Waals surface area contributed by atoms with E-state index in [1.165, 1.54) is 12.8 Å². The SMILES string of the molecule is CC(=O)N1CCC(CNC(=O)C2C3CCC(C3)C2N)CC1.Cl. The van der Waals surface area contributed by atoms with Gasteiger partial charge in [-0.1, -0.05) is 0 Å². The molecule has 2 aliphatic carbocycles. The minimum atomic E-state index is 0. The zero-order chi connectivity index (χ0) is 15.0. The molecule has 126 valence electrons. The first-order valence-corrected chi connectivity index (χ1v) is 8.35. The number of rotatable bonds is 3. The van der Waals surface area contributed by atoms with E-state index in [-0.39, 0.29) is 36.2 Å². The van der Waals surface area contributed by atoms with Gasteiger partial charge in [-0.15, -0.1) is 12.4 Å². The molecule has 1 saturated heterocycles. The Bertz CT molecular complexity index is 422. The molecule has 22 heavy (non-hydrogen) atoms. The zero-order valence-electron chi connectivity index (χ0n) is 13.3. The second kappa shape index (κ2) is 7.18. The maximum absolute atomic E-state index is 12.4. The van der Waals surface area contributed by atoms with Crippen LogP contribution in [-0.2, 0) is 9.59 Å². The molecule has 4 unspecified atom stereocenters. The van der Waals surface area contributed by atoms with Crippen molar-refractivity contribution in [3.8, 4) is 0 Å². The van der Waals surface area contributed by atoms with E-state index < -0.39 is 0 Å². The Morgan fingerprint density at radius 3 is 2.32 bits per heavy atom. The lowest BCUT2D eigenvalue weighted by atomic mass is 9.84. The van der Waals surface area contributed by atoms with Gasteiger partial charge in [0, 0.05) is 32.6 Å². The summed E-state index contributed by atoms with van der Waals surface area (Å²) < 4.78 is 0. The standard InChI is InChI=1S/C16H27N3O2.ClH/c1-10(20)19-6-4-11(5-7-19)9-18-16(21)14-12-2-3-13(8-12)15(14)17;/h11-15H,2-9,17H2,1H3,(H,18,21);1H. The Hall–Kier alpha value is -0.810. The van der Waals surface area contributed by atoms with Gasteiger partial charge in [-0.3, -0.25) is 9.59 Å². The average Bonchev–Trinajstić information content (AvgIpc) is 3.06. The minimum Gasteiger partial charge on any atom is -0.356 e. The van der Waals surface area contributed by atoms with E-state index in [0.717, 1.165) is 38.9 Å². The van der Waals surface area contributed by atoms with Gasteiger partial charge >= 0.3 is 0 Å². The lowest BCUT2D eigenvalue weighted by Crippen LogP contribution is -2.47. The molecule has 2 bridgehead atoms. The molecule has 6 heteroatoms. The van der Waals surface area contributed by atoms with Crippen LogP contribution < -0.4 is 11.1 Å². The van der Waals surface area contributed by atoms with E-state index in [9.17, 15) is 9.59 Å². The summed E-state index contributed by atoms with van der Waals surface area (Å²) in [7, 11) is 0. The molecule has 3 N–H and O–H groups in total. The molecule has 2 saturated carbocycles. The molecule has 5 nitrogen and oxygen atoms in total. The predicted molar refractivity (Wildman–Crippen MR) is 87.5 cm³/mol. The van der Waals surface area contributed by atoms with E-state index in [2.05, 4.69) is 5.32 Å². The van der Waals surface area contributed by atoms with E-state index in [1.54, 1.807) is 6.92 Å². The molecule has 0 radical (unpaired) electrons. The molecule has 0 aromatic rings. The summed E-state index contributed by atoms with van der Waals surface area (Å²) in [6, 6.07) is 0.0725. The van der Waals surface area contributed by atoms with E-state index in [1.807, 2.05) is 4.90 Å². The highest BCUT2D eigenvalue weighted by atomic mass is 35.5. The first-order chi connectivity index (χ1) is 10.1. The second-order valence-corrected chi connectivity index (χ2v) is 7.13. The molecular weight excluding hydrogens is 302 g/mol. The van der Waals surface area contributed by atoms with Crippen molar-refractivity contribution in [3.05, 3.63) is 0 Å². The summed E-state index contributed by atoms with van der Waals surface area (Å²) in [4.78, 5) is 25.6. The van der Waals surface area contributed by atoms with Crippen LogP contribution in [0.15, 0.2) is 0 Å². The number of hydrogen-bond acceptors (Lipinski definition) is 3. The van der Waals surface area contributed by atoms with Gasteiger partial charge in [0.05, 0.1) is 5.92 Å². The first-order valence-electron chi connectivity index (χ1n) is 8.35. The second-order valence-electron chi connectivity index (χ2n) is 7.13. The first kappa shape index (κ1) is 17.5. The lowest BCUT2D eigenvalue weighted by molar-refractivity contribution is -0.131. The molecule has 1 heterocycles. The van der Waals surface area contributed by atoms with Gasteiger partial charge in [0.15, 0.2) is 0 Å². The fourth-order valence-electron chi connectivity index (χ4n) is 4.54. The number of nitrogens with two attached hydrogens (primary N) is 1. The minimum absolute atomic E-state index is 0. The van der Waals surface area contributed by atoms with Crippen LogP contribution in [0.5, 0.6) is 0 Å². The number of likely N-dealkylation sites (tertiary alicyclic amines) is 1. The van der Waals surface area contributed by atoms with E-state index >= 15 is 0 Å². The molecule has 0 aromatic carbocycles. The van der Waals surface area contributed by atoms with Gasteiger partial charge in [-0.05, 0) is 49.9 Å². The van der Waals surface area contributed by atoms with Crippen molar-refractivity contribution in [2.45, 2.75) is 45.1 Å². The Morgan fingerprint density at radius 2 is 1.77 bits per heavy atom. The summed E-state index contributed by atoms with van der Waals surface area (Å²) in [6.07, 6.45) is 5.51. The summed E-state index contributed by atoms with van der Waals surface area (Å²) in [5.41, 5.74) is 6.22. The van der Waals surface area contributed by atoms with E-state index in [4.69, 9.17) is 5.73 Å². The van der Waals surface area contributed by atoms with Crippen LogP contribution in [0.1, 0.15) is 39.0 Å². The van der Waals surface area contributed by atoms with Crippen molar-refractivity contribution in [1.82, 2.24) is 10.2 Å². The molecule has 0 spiro atoms. The highest BCUT2D eigenvalue weighted by Crippen LogP contribution is 2.47. The molecule has 1 aliphatic heterocycles. The van der Waals surface area contributed by atoms with Crippen LogP contribution >= 0.6 is 12.4 Å². The normalized spacial score (nSPS) is 34.4. The molecule has 3 rings (SSSR count). The fourth-order valence-corrected chi connectivity index (χ4v) is 4.54. The van der Waals surface area contributed by atoms with Crippen LogP contribution in [0.4, 0.5) is 0 Å². The van der Waals surface area contributed by atoms with Gasteiger partial charge in [0.25, 0.3) is 0 Å². The van der Waals surface area contributed by atoms with Crippen molar-refractivity contribution in [1.29, 1.82) is 0 Å². The Kier molecular flexibility index (Phi) is 5.72. The van der Waals surface area contributed by atoms with E-state index in [0.29, 0.717) is 17.8 Å². The van der Waals surface area contributed by atoms with Gasteiger partial charge in [-0.2, -0.15) is 0 Å². The van der Waals surface area contributed by atoms with Crippen LogP contribution in [0.3, 0.4) is 0 Å². The fraction of sp³-hybridized carbons (Fsp3) is 0.875. The van der Waals surface area contributed by atoms with Gasteiger partial charge in [-0.25, -0.2) is 0 Å². The summed E-state index contributed by atoms with van der Waals surface area (Å²) in [6.45, 7) is 4.01. The summed E-state index contributed by atoms with van der Waals surface area (Å²) in [5, 5.41) is 3.13. The third-order valence-electron chi connectivity index (χ3n) is 5.91. The summed E-state index contributed by atoms with van der Waals surface area (Å²) >= 11 is 0. The van der Waals surface area contributed by atoms with Gasteiger partial charge < -0.3 is 16.0 Å². The monoisotopic (exact) mass is 329 g/mol. The quantitative estimate of drug-likeness (QED) is 0.815. The van der Waals surface area contributed by atoms with Crippen molar-refractivity contribution in [3.63, 3.8) is 0 Å². The maximum Gasteiger partial charge on any atom is 0.224 e. The number of carbonyl (C=O) groups is 2. The number of amides is 2. The highest BCUT2D eigenvalue weighted by molar-refractivity contribution is 5.85. The molecule has 3 aliphatic rings. The van der Waals surface area contributed by atoms with Gasteiger partial charge in [0.2, 0.25) is 11.8 Å². The lowest BCUT2D eigenvalue weighted by Gasteiger charge is -2.32. The average molecular weight is 330 g/mol. The number of nitrogens with one attached hydrogen (secondary N) is 1. The molecule has 0 aromatic heterocycles. The zero-order valence-corrected chi connectivity index (χ0v) is 14.1. The van der Waals surface area contributed by atoms with Crippen LogP contribution in [0.2, 0.25) is 0 Å². The molecule has 4 atom stereocenters. The molecule has 2 amide bonds. The summed E-state index contributed by atoms with van der Waals surface area (Å²) in [5.74, 6) is 1.96. The largest absolute Gasteiger partial charge is 0.356 e.